The second kappa shape index (κ2) is 7.67. The zero-order valence-electron chi connectivity index (χ0n) is 14.6. The maximum Gasteiger partial charge on any atom is 0.319 e. The highest BCUT2D eigenvalue weighted by Crippen LogP contribution is 2.32. The fraction of sp³-hybridized carbons (Fsp3) is 0.158. The molecule has 2 aromatic rings. The zero-order valence-corrected chi connectivity index (χ0v) is 15.4. The first-order chi connectivity index (χ1) is 12.9. The topological polar surface area (TPSA) is 79.5 Å². The summed E-state index contributed by atoms with van der Waals surface area (Å²) in [5, 5.41) is 8.27. The molecule has 8 heteroatoms. The standard InChI is InChI=1S/C19H17ClFN3O3/c1-10-16(18(25)23-14-9-11(20)7-8-15(14)27-2)17(24-19(26)22-10)12-5-3-4-6-13(12)21/h3-9,17H,1-2H3,(H,23,25)(H2,22,24,26). The van der Waals surface area contributed by atoms with Crippen molar-refractivity contribution in [2.75, 3.05) is 12.4 Å². The molecule has 1 heterocycles. The number of carbonyl (C=O) groups excluding carboxylic acids is 2. The van der Waals surface area contributed by atoms with Gasteiger partial charge in [-0.25, -0.2) is 9.18 Å². The Morgan fingerprint density at radius 3 is 2.70 bits per heavy atom. The number of ether oxygens (including phenoxy) is 1. The minimum atomic E-state index is -0.940. The van der Waals surface area contributed by atoms with Crippen LogP contribution in [0.3, 0.4) is 0 Å². The minimum absolute atomic E-state index is 0.182. The number of anilines is 1. The Morgan fingerprint density at radius 1 is 1.26 bits per heavy atom. The number of carbonyl (C=O) groups is 2. The lowest BCUT2D eigenvalue weighted by atomic mass is 9.94. The molecule has 3 amide bonds. The van der Waals surface area contributed by atoms with E-state index < -0.39 is 23.8 Å². The van der Waals surface area contributed by atoms with Gasteiger partial charge in [-0.1, -0.05) is 29.8 Å². The lowest BCUT2D eigenvalue weighted by Crippen LogP contribution is -2.46. The number of methoxy groups -OCH3 is 1. The molecule has 3 rings (SSSR count). The highest BCUT2D eigenvalue weighted by atomic mass is 35.5. The van der Waals surface area contributed by atoms with Crippen LogP contribution in [-0.4, -0.2) is 19.0 Å². The van der Waals surface area contributed by atoms with Gasteiger partial charge in [-0.2, -0.15) is 0 Å². The Bertz CT molecular complexity index is 946. The van der Waals surface area contributed by atoms with Gasteiger partial charge in [0.2, 0.25) is 0 Å². The summed E-state index contributed by atoms with van der Waals surface area (Å²) < 4.78 is 19.5. The fourth-order valence-corrected chi connectivity index (χ4v) is 3.08. The van der Waals surface area contributed by atoms with Crippen molar-refractivity contribution in [1.82, 2.24) is 10.6 Å². The second-order valence-corrected chi connectivity index (χ2v) is 6.33. The smallest absolute Gasteiger partial charge is 0.319 e. The van der Waals surface area contributed by atoms with Crippen LogP contribution in [0.25, 0.3) is 0 Å². The molecule has 0 spiro atoms. The molecular formula is C19H17ClFN3O3. The number of hydrogen-bond donors (Lipinski definition) is 3. The summed E-state index contributed by atoms with van der Waals surface area (Å²) in [7, 11) is 1.47. The van der Waals surface area contributed by atoms with Crippen molar-refractivity contribution in [2.24, 2.45) is 0 Å². The molecule has 1 unspecified atom stereocenters. The van der Waals surface area contributed by atoms with Gasteiger partial charge in [0.15, 0.2) is 0 Å². The molecule has 0 radical (unpaired) electrons. The number of halogens is 2. The first-order valence-corrected chi connectivity index (χ1v) is 8.46. The number of allylic oxidation sites excluding steroid dienone is 1. The maximum atomic E-state index is 14.3. The van der Waals surface area contributed by atoms with Gasteiger partial charge in [-0.3, -0.25) is 4.79 Å². The summed E-state index contributed by atoms with van der Waals surface area (Å²) in [5.74, 6) is -0.627. The summed E-state index contributed by atoms with van der Waals surface area (Å²) in [6.07, 6.45) is 0. The summed E-state index contributed by atoms with van der Waals surface area (Å²) >= 11 is 6.00. The molecule has 0 aromatic heterocycles. The quantitative estimate of drug-likeness (QED) is 0.745. The van der Waals surface area contributed by atoms with Crippen LogP contribution >= 0.6 is 11.6 Å². The van der Waals surface area contributed by atoms with Gasteiger partial charge < -0.3 is 20.7 Å². The Labute approximate surface area is 160 Å². The maximum absolute atomic E-state index is 14.3. The molecule has 2 aromatic carbocycles. The Morgan fingerprint density at radius 2 is 2.00 bits per heavy atom. The van der Waals surface area contributed by atoms with Crippen LogP contribution in [0.15, 0.2) is 53.7 Å². The van der Waals surface area contributed by atoms with E-state index in [1.165, 1.54) is 25.3 Å². The van der Waals surface area contributed by atoms with E-state index in [2.05, 4.69) is 16.0 Å². The van der Waals surface area contributed by atoms with Crippen molar-refractivity contribution in [3.63, 3.8) is 0 Å². The van der Waals surface area contributed by atoms with E-state index in [0.717, 1.165) is 0 Å². The van der Waals surface area contributed by atoms with E-state index in [0.29, 0.717) is 22.2 Å². The number of nitrogens with one attached hydrogen (secondary N) is 3. The monoisotopic (exact) mass is 389 g/mol. The third-order valence-electron chi connectivity index (χ3n) is 4.14. The molecule has 0 saturated heterocycles. The van der Waals surface area contributed by atoms with Crippen LogP contribution in [0.4, 0.5) is 14.9 Å². The number of benzene rings is 2. The number of hydrogen-bond acceptors (Lipinski definition) is 3. The van der Waals surface area contributed by atoms with E-state index in [-0.39, 0.29) is 11.1 Å². The Hall–Kier alpha value is -3.06. The van der Waals surface area contributed by atoms with E-state index in [1.54, 1.807) is 31.2 Å². The van der Waals surface area contributed by atoms with Crippen LogP contribution in [0, 0.1) is 5.82 Å². The van der Waals surface area contributed by atoms with Crippen LogP contribution in [0.5, 0.6) is 5.75 Å². The largest absolute Gasteiger partial charge is 0.495 e. The Kier molecular flexibility index (Phi) is 5.32. The molecule has 0 saturated carbocycles. The predicted octanol–water partition coefficient (Wildman–Crippen LogP) is 3.75. The van der Waals surface area contributed by atoms with Gasteiger partial charge in [0.1, 0.15) is 11.6 Å². The number of urea groups is 1. The van der Waals surface area contributed by atoms with Crippen LogP contribution in [0.1, 0.15) is 18.5 Å². The van der Waals surface area contributed by atoms with Crippen molar-refractivity contribution in [3.05, 3.63) is 70.1 Å². The SMILES string of the molecule is COc1ccc(Cl)cc1NC(=O)C1=C(C)NC(=O)NC1c1ccccc1F. The van der Waals surface area contributed by atoms with Crippen molar-refractivity contribution < 1.29 is 18.7 Å². The fourth-order valence-electron chi connectivity index (χ4n) is 2.90. The van der Waals surface area contributed by atoms with Gasteiger partial charge in [0.05, 0.1) is 24.4 Å². The molecular weight excluding hydrogens is 373 g/mol. The first kappa shape index (κ1) is 18.7. The van der Waals surface area contributed by atoms with E-state index >= 15 is 0 Å². The third-order valence-corrected chi connectivity index (χ3v) is 4.37. The van der Waals surface area contributed by atoms with Crippen LogP contribution < -0.4 is 20.7 Å². The summed E-state index contributed by atoms with van der Waals surface area (Å²) in [6.45, 7) is 1.58. The molecule has 0 fully saturated rings. The lowest BCUT2D eigenvalue weighted by molar-refractivity contribution is -0.113. The van der Waals surface area contributed by atoms with Crippen molar-refractivity contribution in [1.29, 1.82) is 0 Å². The van der Waals surface area contributed by atoms with Crippen molar-refractivity contribution in [3.8, 4) is 5.75 Å². The number of amides is 3. The van der Waals surface area contributed by atoms with E-state index in [1.807, 2.05) is 0 Å². The molecule has 1 aliphatic heterocycles. The summed E-state index contributed by atoms with van der Waals surface area (Å²) in [5.41, 5.74) is 1.06. The average Bonchev–Trinajstić information content (AvgIpc) is 2.61. The molecule has 27 heavy (non-hydrogen) atoms. The van der Waals surface area contributed by atoms with Gasteiger partial charge in [0.25, 0.3) is 5.91 Å². The first-order valence-electron chi connectivity index (χ1n) is 8.08. The van der Waals surface area contributed by atoms with Gasteiger partial charge in [-0.05, 0) is 31.2 Å². The molecule has 0 bridgehead atoms. The molecule has 1 aliphatic rings. The van der Waals surface area contributed by atoms with Crippen molar-refractivity contribution >= 4 is 29.2 Å². The molecule has 1 atom stereocenters. The predicted molar refractivity (Wildman–Crippen MR) is 100 cm³/mol. The highest BCUT2D eigenvalue weighted by Gasteiger charge is 2.33. The number of rotatable bonds is 4. The summed E-state index contributed by atoms with van der Waals surface area (Å²) in [4.78, 5) is 24.9. The average molecular weight is 390 g/mol. The van der Waals surface area contributed by atoms with Gasteiger partial charge in [-0.15, -0.1) is 0 Å². The molecule has 6 nitrogen and oxygen atoms in total. The third kappa shape index (κ3) is 3.88. The molecule has 140 valence electrons. The van der Waals surface area contributed by atoms with Crippen molar-refractivity contribution in [2.45, 2.75) is 13.0 Å². The van der Waals surface area contributed by atoms with E-state index in [4.69, 9.17) is 16.3 Å². The van der Waals surface area contributed by atoms with Crippen LogP contribution in [0.2, 0.25) is 5.02 Å². The van der Waals surface area contributed by atoms with Crippen LogP contribution in [-0.2, 0) is 4.79 Å². The lowest BCUT2D eigenvalue weighted by Gasteiger charge is -2.29. The molecule has 3 N–H and O–H groups in total. The Balaban J connectivity index is 2.00. The highest BCUT2D eigenvalue weighted by molar-refractivity contribution is 6.31. The van der Waals surface area contributed by atoms with E-state index in [9.17, 15) is 14.0 Å². The molecule has 0 aliphatic carbocycles. The van der Waals surface area contributed by atoms with Gasteiger partial charge >= 0.3 is 6.03 Å². The normalized spacial score (nSPS) is 16.4. The minimum Gasteiger partial charge on any atom is -0.495 e. The second-order valence-electron chi connectivity index (χ2n) is 5.89. The van der Waals surface area contributed by atoms with Gasteiger partial charge in [0, 0.05) is 16.3 Å². The zero-order chi connectivity index (χ0) is 19.6. The summed E-state index contributed by atoms with van der Waals surface area (Å²) in [6, 6.07) is 9.30.